The van der Waals surface area contributed by atoms with Crippen LogP contribution in [0.1, 0.15) is 69.9 Å². The zero-order valence-corrected chi connectivity index (χ0v) is 17.7. The highest BCUT2D eigenvalue weighted by Gasteiger charge is 2.42. The largest absolute Gasteiger partial charge is 0.496 e. The van der Waals surface area contributed by atoms with Crippen LogP contribution in [0.5, 0.6) is 5.75 Å². The number of rotatable bonds is 8. The Bertz CT molecular complexity index is 715. The number of ether oxygens (including phenoxy) is 1. The number of hydrogen-bond donors (Lipinski definition) is 2. The van der Waals surface area contributed by atoms with Crippen molar-refractivity contribution in [3.8, 4) is 5.75 Å². The summed E-state index contributed by atoms with van der Waals surface area (Å²) in [6.07, 6.45) is 6.21. The zero-order valence-electron chi connectivity index (χ0n) is 17.7. The predicted octanol–water partition coefficient (Wildman–Crippen LogP) is 3.20. The summed E-state index contributed by atoms with van der Waals surface area (Å²) in [5.41, 5.74) is 0.0843. The van der Waals surface area contributed by atoms with Crippen molar-refractivity contribution in [1.82, 2.24) is 10.2 Å². The van der Waals surface area contributed by atoms with E-state index in [0.29, 0.717) is 25.1 Å². The molecule has 6 nitrogen and oxygen atoms in total. The van der Waals surface area contributed by atoms with Crippen LogP contribution in [0.15, 0.2) is 24.3 Å². The Labute approximate surface area is 173 Å². The molecule has 1 saturated heterocycles. The van der Waals surface area contributed by atoms with Crippen molar-refractivity contribution in [2.45, 2.75) is 69.9 Å². The molecule has 29 heavy (non-hydrogen) atoms. The minimum Gasteiger partial charge on any atom is -0.496 e. The summed E-state index contributed by atoms with van der Waals surface area (Å²) in [5.74, 6) is 0.342. The maximum atomic E-state index is 13.2. The fourth-order valence-electron chi connectivity index (χ4n) is 4.71. The number of aliphatic hydroxyl groups is 1. The third kappa shape index (κ3) is 4.92. The number of nitrogens with one attached hydrogen (secondary N) is 1. The summed E-state index contributed by atoms with van der Waals surface area (Å²) in [7, 11) is 1.62. The van der Waals surface area contributed by atoms with Gasteiger partial charge in [-0.1, -0.05) is 44.4 Å². The van der Waals surface area contributed by atoms with Crippen LogP contribution in [0.25, 0.3) is 0 Å². The van der Waals surface area contributed by atoms with Gasteiger partial charge in [0.2, 0.25) is 11.8 Å². The SMILES string of the molecule is CCCCN1C(=O)CC[C@H](C(=O)NCC2(O)CCCC2)[C@@H]1c1ccccc1OC. The Morgan fingerprint density at radius 3 is 2.72 bits per heavy atom. The quantitative estimate of drug-likeness (QED) is 0.700. The van der Waals surface area contributed by atoms with E-state index < -0.39 is 5.60 Å². The second-order valence-electron chi connectivity index (χ2n) is 8.42. The van der Waals surface area contributed by atoms with Gasteiger partial charge in [-0.3, -0.25) is 9.59 Å². The molecule has 1 aromatic carbocycles. The summed E-state index contributed by atoms with van der Waals surface area (Å²) < 4.78 is 5.56. The molecule has 0 bridgehead atoms. The molecule has 160 valence electrons. The number of para-hydroxylation sites is 1. The topological polar surface area (TPSA) is 78.9 Å². The lowest BCUT2D eigenvalue weighted by Crippen LogP contribution is -2.50. The first kappa shape index (κ1) is 21.6. The molecule has 1 heterocycles. The van der Waals surface area contributed by atoms with Gasteiger partial charge < -0.3 is 20.1 Å². The Hall–Kier alpha value is -2.08. The molecule has 2 amide bonds. The number of piperidine rings is 1. The summed E-state index contributed by atoms with van der Waals surface area (Å²) in [4.78, 5) is 27.8. The van der Waals surface area contributed by atoms with Gasteiger partial charge in [-0.05, 0) is 31.7 Å². The Morgan fingerprint density at radius 1 is 1.31 bits per heavy atom. The van der Waals surface area contributed by atoms with E-state index in [0.717, 1.165) is 44.1 Å². The molecule has 1 aliphatic heterocycles. The zero-order chi connectivity index (χ0) is 20.9. The minimum atomic E-state index is -0.790. The predicted molar refractivity (Wildman–Crippen MR) is 112 cm³/mol. The van der Waals surface area contributed by atoms with Gasteiger partial charge in [-0.2, -0.15) is 0 Å². The monoisotopic (exact) mass is 402 g/mol. The number of nitrogens with zero attached hydrogens (tertiary/aromatic N) is 1. The molecule has 2 N–H and O–H groups in total. The van der Waals surface area contributed by atoms with E-state index >= 15 is 0 Å². The molecule has 0 radical (unpaired) electrons. The van der Waals surface area contributed by atoms with Crippen molar-refractivity contribution in [3.05, 3.63) is 29.8 Å². The van der Waals surface area contributed by atoms with Gasteiger partial charge in [0.1, 0.15) is 5.75 Å². The van der Waals surface area contributed by atoms with Crippen LogP contribution in [0, 0.1) is 5.92 Å². The summed E-state index contributed by atoms with van der Waals surface area (Å²) in [5, 5.41) is 13.6. The lowest BCUT2D eigenvalue weighted by atomic mass is 9.82. The molecule has 2 aliphatic rings. The lowest BCUT2D eigenvalue weighted by Gasteiger charge is -2.41. The van der Waals surface area contributed by atoms with E-state index in [1.807, 2.05) is 29.2 Å². The third-order valence-corrected chi connectivity index (χ3v) is 6.38. The highest BCUT2D eigenvalue weighted by Crippen LogP contribution is 2.41. The van der Waals surface area contributed by atoms with E-state index in [1.165, 1.54) is 0 Å². The van der Waals surface area contributed by atoms with E-state index in [-0.39, 0.29) is 30.3 Å². The van der Waals surface area contributed by atoms with Crippen molar-refractivity contribution < 1.29 is 19.4 Å². The number of carbonyl (C=O) groups is 2. The Balaban J connectivity index is 1.86. The average Bonchev–Trinajstić information content (AvgIpc) is 3.17. The van der Waals surface area contributed by atoms with Crippen molar-refractivity contribution in [2.24, 2.45) is 5.92 Å². The molecule has 1 aliphatic carbocycles. The van der Waals surface area contributed by atoms with Gasteiger partial charge in [0.05, 0.1) is 24.7 Å². The minimum absolute atomic E-state index is 0.0878. The van der Waals surface area contributed by atoms with Crippen LogP contribution in [0.2, 0.25) is 0 Å². The molecule has 0 spiro atoms. The van der Waals surface area contributed by atoms with E-state index in [4.69, 9.17) is 4.74 Å². The number of likely N-dealkylation sites (tertiary alicyclic amines) is 1. The first-order valence-electron chi connectivity index (χ1n) is 10.9. The molecule has 0 aromatic heterocycles. The van der Waals surface area contributed by atoms with Gasteiger partial charge in [-0.15, -0.1) is 0 Å². The molecular formula is C23H34N2O4. The van der Waals surface area contributed by atoms with Crippen molar-refractivity contribution in [2.75, 3.05) is 20.2 Å². The second-order valence-corrected chi connectivity index (χ2v) is 8.42. The summed E-state index contributed by atoms with van der Waals surface area (Å²) in [6.45, 7) is 3.01. The van der Waals surface area contributed by atoms with Crippen molar-refractivity contribution >= 4 is 11.8 Å². The van der Waals surface area contributed by atoms with E-state index in [1.54, 1.807) is 7.11 Å². The fourth-order valence-corrected chi connectivity index (χ4v) is 4.71. The number of unbranched alkanes of at least 4 members (excludes halogenated alkanes) is 1. The molecular weight excluding hydrogens is 368 g/mol. The van der Waals surface area contributed by atoms with E-state index in [2.05, 4.69) is 12.2 Å². The molecule has 6 heteroatoms. The molecule has 2 fully saturated rings. The highest BCUT2D eigenvalue weighted by molar-refractivity contribution is 5.85. The van der Waals surface area contributed by atoms with Crippen LogP contribution in [-0.2, 0) is 9.59 Å². The van der Waals surface area contributed by atoms with Crippen molar-refractivity contribution in [1.29, 1.82) is 0 Å². The maximum absolute atomic E-state index is 13.2. The summed E-state index contributed by atoms with van der Waals surface area (Å²) >= 11 is 0. The molecule has 0 unspecified atom stereocenters. The van der Waals surface area contributed by atoms with Crippen LogP contribution in [0.4, 0.5) is 0 Å². The maximum Gasteiger partial charge on any atom is 0.225 e. The van der Waals surface area contributed by atoms with Gasteiger partial charge in [0.25, 0.3) is 0 Å². The second kappa shape index (κ2) is 9.61. The molecule has 2 atom stereocenters. The van der Waals surface area contributed by atoms with Crippen LogP contribution in [0.3, 0.4) is 0 Å². The average molecular weight is 403 g/mol. The number of benzene rings is 1. The highest BCUT2D eigenvalue weighted by atomic mass is 16.5. The van der Waals surface area contributed by atoms with Gasteiger partial charge in [0, 0.05) is 25.1 Å². The Kier molecular flexibility index (Phi) is 7.17. The first-order valence-corrected chi connectivity index (χ1v) is 10.9. The fraction of sp³-hybridized carbons (Fsp3) is 0.652. The standard InChI is InChI=1S/C23H34N2O4/c1-3-4-15-25-20(26)12-11-18(21(25)17-9-5-6-10-19(17)29-2)22(27)24-16-23(28)13-7-8-14-23/h5-6,9-10,18,21,28H,3-4,7-8,11-16H2,1-2H3,(H,24,27)/t18-,21-/m0/s1. The number of amides is 2. The number of methoxy groups -OCH3 is 1. The lowest BCUT2D eigenvalue weighted by molar-refractivity contribution is -0.144. The van der Waals surface area contributed by atoms with Gasteiger partial charge in [-0.25, -0.2) is 0 Å². The van der Waals surface area contributed by atoms with Gasteiger partial charge in [0.15, 0.2) is 0 Å². The van der Waals surface area contributed by atoms with Crippen LogP contribution < -0.4 is 10.1 Å². The molecule has 1 aromatic rings. The number of hydrogen-bond acceptors (Lipinski definition) is 4. The first-order chi connectivity index (χ1) is 14.0. The molecule has 1 saturated carbocycles. The van der Waals surface area contributed by atoms with Crippen LogP contribution >= 0.6 is 0 Å². The Morgan fingerprint density at radius 2 is 2.03 bits per heavy atom. The third-order valence-electron chi connectivity index (χ3n) is 6.38. The molecule has 3 rings (SSSR count). The summed E-state index contributed by atoms with van der Waals surface area (Å²) in [6, 6.07) is 7.30. The number of carbonyl (C=O) groups excluding carboxylic acids is 2. The van der Waals surface area contributed by atoms with Crippen molar-refractivity contribution in [3.63, 3.8) is 0 Å². The van der Waals surface area contributed by atoms with Gasteiger partial charge >= 0.3 is 0 Å². The smallest absolute Gasteiger partial charge is 0.225 e. The van der Waals surface area contributed by atoms with Crippen LogP contribution in [-0.4, -0.2) is 47.6 Å². The normalized spacial score (nSPS) is 23.8. The van der Waals surface area contributed by atoms with E-state index in [9.17, 15) is 14.7 Å².